The van der Waals surface area contributed by atoms with Gasteiger partial charge >= 0.3 is 0 Å². The van der Waals surface area contributed by atoms with E-state index in [4.69, 9.17) is 8.83 Å². The molecule has 0 saturated carbocycles. The third kappa shape index (κ3) is 3.36. The molecule has 9 heteroatoms. The summed E-state index contributed by atoms with van der Waals surface area (Å²) in [6.07, 6.45) is 1.47. The van der Waals surface area contributed by atoms with E-state index >= 15 is 0 Å². The van der Waals surface area contributed by atoms with Crippen LogP contribution in [0.5, 0.6) is 0 Å². The molecule has 27 heavy (non-hydrogen) atoms. The fraction of sp³-hybridized carbons (Fsp3) is 0.111. The van der Waals surface area contributed by atoms with Crippen molar-refractivity contribution in [3.63, 3.8) is 0 Å². The number of hydrogen-bond acceptors (Lipinski definition) is 7. The summed E-state index contributed by atoms with van der Waals surface area (Å²) >= 11 is 0. The highest BCUT2D eigenvalue weighted by atomic mass is 32.2. The van der Waals surface area contributed by atoms with E-state index in [9.17, 15) is 8.42 Å². The van der Waals surface area contributed by atoms with Crippen molar-refractivity contribution in [3.8, 4) is 11.6 Å². The highest BCUT2D eigenvalue weighted by molar-refractivity contribution is 7.90. The summed E-state index contributed by atoms with van der Waals surface area (Å²) in [6, 6.07) is 15.0. The molecule has 8 nitrogen and oxygen atoms in total. The van der Waals surface area contributed by atoms with Crippen LogP contribution < -0.4 is 5.32 Å². The smallest absolute Gasteiger partial charge is 0.286 e. The number of anilines is 1. The molecule has 0 aliphatic carbocycles. The number of aromatic nitrogens is 3. The minimum absolute atomic E-state index is 0.0688. The van der Waals surface area contributed by atoms with Gasteiger partial charge in [0, 0.05) is 0 Å². The van der Waals surface area contributed by atoms with E-state index in [1.165, 1.54) is 18.4 Å². The van der Waals surface area contributed by atoms with Gasteiger partial charge in [0.05, 0.1) is 17.7 Å². The van der Waals surface area contributed by atoms with E-state index in [1.54, 1.807) is 30.3 Å². The molecule has 0 atom stereocenters. The van der Waals surface area contributed by atoms with Gasteiger partial charge in [-0.25, -0.2) is 0 Å². The summed E-state index contributed by atoms with van der Waals surface area (Å²) in [5, 5.41) is 7.12. The second kappa shape index (κ2) is 6.76. The normalized spacial score (nSPS) is 11.6. The summed E-state index contributed by atoms with van der Waals surface area (Å²) in [6.45, 7) is 2.09. The quantitative estimate of drug-likeness (QED) is 0.544. The van der Waals surface area contributed by atoms with Gasteiger partial charge in [0.1, 0.15) is 11.5 Å². The number of hydrogen-bond donors (Lipinski definition) is 1. The summed E-state index contributed by atoms with van der Waals surface area (Å²) in [4.78, 5) is 4.40. The monoisotopic (exact) mass is 384 g/mol. The molecule has 0 spiro atoms. The van der Waals surface area contributed by atoms with Crippen LogP contribution in [0.1, 0.15) is 11.5 Å². The molecule has 0 unspecified atom stereocenters. The largest absolute Gasteiger partial charge is 0.465 e. The summed E-state index contributed by atoms with van der Waals surface area (Å²) in [7, 11) is -3.93. The van der Waals surface area contributed by atoms with Crippen LogP contribution in [0.2, 0.25) is 0 Å². The predicted molar refractivity (Wildman–Crippen MR) is 97.5 cm³/mol. The van der Waals surface area contributed by atoms with Gasteiger partial charge in [-0.15, -0.1) is 9.19 Å². The molecule has 0 saturated heterocycles. The second-order valence-corrected chi connectivity index (χ2v) is 7.53. The minimum Gasteiger partial charge on any atom is -0.465 e. The van der Waals surface area contributed by atoms with Crippen LogP contribution in [0.25, 0.3) is 11.6 Å². The Bertz CT molecular complexity index is 1150. The lowest BCUT2D eigenvalue weighted by Gasteiger charge is -2.08. The molecular weight excluding hydrogens is 368 g/mol. The minimum atomic E-state index is -3.93. The molecule has 0 amide bonds. The first kappa shape index (κ1) is 17.1. The Morgan fingerprint density at radius 1 is 1.07 bits per heavy atom. The number of furan rings is 2. The van der Waals surface area contributed by atoms with Gasteiger partial charge in [0.25, 0.3) is 10.0 Å². The average Bonchev–Trinajstić information content (AvgIpc) is 3.41. The van der Waals surface area contributed by atoms with E-state index in [-0.39, 0.29) is 23.2 Å². The van der Waals surface area contributed by atoms with Gasteiger partial charge in [0.2, 0.25) is 11.8 Å². The molecule has 138 valence electrons. The van der Waals surface area contributed by atoms with Gasteiger partial charge in [0.15, 0.2) is 5.76 Å². The van der Waals surface area contributed by atoms with E-state index in [0.717, 1.165) is 9.85 Å². The van der Waals surface area contributed by atoms with Crippen molar-refractivity contribution in [2.24, 2.45) is 0 Å². The molecule has 1 N–H and O–H groups in total. The van der Waals surface area contributed by atoms with E-state index in [0.29, 0.717) is 11.5 Å². The van der Waals surface area contributed by atoms with Crippen LogP contribution in [0, 0.1) is 6.92 Å². The van der Waals surface area contributed by atoms with Gasteiger partial charge in [-0.1, -0.05) is 18.2 Å². The maximum absolute atomic E-state index is 13.0. The lowest BCUT2D eigenvalue weighted by Crippen LogP contribution is -2.18. The highest BCUT2D eigenvalue weighted by Crippen LogP contribution is 2.23. The van der Waals surface area contributed by atoms with Gasteiger partial charge in [-0.2, -0.15) is 13.4 Å². The van der Waals surface area contributed by atoms with Crippen LogP contribution in [-0.2, 0) is 16.6 Å². The fourth-order valence-corrected chi connectivity index (χ4v) is 3.74. The number of rotatable bonds is 6. The Morgan fingerprint density at radius 3 is 2.56 bits per heavy atom. The van der Waals surface area contributed by atoms with Crippen LogP contribution in [0.4, 0.5) is 5.95 Å². The number of nitrogens with zero attached hydrogens (tertiary/aromatic N) is 3. The number of benzene rings is 1. The van der Waals surface area contributed by atoms with Crippen molar-refractivity contribution in [1.29, 1.82) is 0 Å². The average molecular weight is 384 g/mol. The topological polar surface area (TPSA) is 103 Å². The third-order valence-corrected chi connectivity index (χ3v) is 5.38. The van der Waals surface area contributed by atoms with Crippen molar-refractivity contribution in [3.05, 3.63) is 72.4 Å². The fourth-order valence-electron chi connectivity index (χ4n) is 2.52. The van der Waals surface area contributed by atoms with Crippen molar-refractivity contribution in [2.45, 2.75) is 18.4 Å². The first-order valence-electron chi connectivity index (χ1n) is 8.15. The molecule has 3 heterocycles. The van der Waals surface area contributed by atoms with E-state index in [2.05, 4.69) is 15.4 Å². The Labute approximate surface area is 155 Å². The zero-order valence-electron chi connectivity index (χ0n) is 14.4. The predicted octanol–water partition coefficient (Wildman–Crippen LogP) is 3.29. The molecule has 0 aliphatic rings. The maximum Gasteiger partial charge on any atom is 0.286 e. The molecule has 0 bridgehead atoms. The molecule has 4 rings (SSSR count). The van der Waals surface area contributed by atoms with Crippen LogP contribution in [-0.4, -0.2) is 22.6 Å². The lowest BCUT2D eigenvalue weighted by atomic mass is 10.4. The van der Waals surface area contributed by atoms with Crippen molar-refractivity contribution < 1.29 is 17.3 Å². The summed E-state index contributed by atoms with van der Waals surface area (Å²) < 4.78 is 37.7. The molecule has 0 aliphatic heterocycles. The molecular formula is C18H16N4O4S. The zero-order valence-corrected chi connectivity index (χ0v) is 15.2. The van der Waals surface area contributed by atoms with Gasteiger partial charge < -0.3 is 14.2 Å². The highest BCUT2D eigenvalue weighted by Gasteiger charge is 2.25. The summed E-state index contributed by atoms with van der Waals surface area (Å²) in [5.74, 6) is 2.02. The lowest BCUT2D eigenvalue weighted by molar-refractivity contribution is 0.490. The Balaban J connectivity index is 1.74. The van der Waals surface area contributed by atoms with Gasteiger partial charge in [-0.05, 0) is 43.3 Å². The van der Waals surface area contributed by atoms with Crippen LogP contribution >= 0.6 is 0 Å². The molecule has 1 aromatic carbocycles. The number of nitrogens with one attached hydrogen (secondary N) is 1. The first-order chi connectivity index (χ1) is 13.0. The molecule has 0 radical (unpaired) electrons. The van der Waals surface area contributed by atoms with Crippen molar-refractivity contribution in [1.82, 2.24) is 14.2 Å². The van der Waals surface area contributed by atoms with Crippen molar-refractivity contribution in [2.75, 3.05) is 5.32 Å². The summed E-state index contributed by atoms with van der Waals surface area (Å²) in [5.41, 5.74) is 0. The standard InChI is InChI=1S/C18H16N4O4S/c1-13-9-10-14(26-13)12-19-18-20-17(16-8-5-11-25-16)21-22(18)27(23,24)15-6-3-2-4-7-15/h2-11H,12H2,1H3,(H,19,20,21). The van der Waals surface area contributed by atoms with Crippen LogP contribution in [0.15, 0.2) is 74.6 Å². The van der Waals surface area contributed by atoms with Gasteiger partial charge in [-0.3, -0.25) is 0 Å². The van der Waals surface area contributed by atoms with E-state index < -0.39 is 10.0 Å². The number of aryl methyl sites for hydroxylation is 1. The Morgan fingerprint density at radius 2 is 1.89 bits per heavy atom. The third-order valence-electron chi connectivity index (χ3n) is 3.81. The van der Waals surface area contributed by atoms with Crippen LogP contribution in [0.3, 0.4) is 0 Å². The Kier molecular flexibility index (Phi) is 4.28. The zero-order chi connectivity index (χ0) is 18.9. The van der Waals surface area contributed by atoms with Crippen molar-refractivity contribution >= 4 is 16.0 Å². The first-order valence-corrected chi connectivity index (χ1v) is 9.59. The molecule has 4 aromatic rings. The second-order valence-electron chi connectivity index (χ2n) is 5.76. The molecule has 0 fully saturated rings. The molecule has 3 aromatic heterocycles. The maximum atomic E-state index is 13.0. The SMILES string of the molecule is Cc1ccc(CNc2nc(-c3ccco3)nn2S(=O)(=O)c2ccccc2)o1. The Hall–Kier alpha value is -3.33. The van der Waals surface area contributed by atoms with E-state index in [1.807, 2.05) is 19.1 Å².